The van der Waals surface area contributed by atoms with E-state index in [4.69, 9.17) is 4.74 Å². The van der Waals surface area contributed by atoms with Gasteiger partial charge in [-0.05, 0) is 52.9 Å². The topological polar surface area (TPSA) is 59.2 Å². The standard InChI is InChI=1S/C13H10INO3/c14-10-6-4-9(5-7-10)13(17)18-8-11-2-1-3-12(16)15-11/h1-7H,8H2,(H,15,16)/i14-4. The number of carbonyl (C=O) groups excluding carboxylic acids is 1. The third-order valence-corrected chi connectivity index (χ3v) is 2.99. The molecule has 0 unspecified atom stereocenters. The molecule has 0 saturated carbocycles. The molecule has 18 heavy (non-hydrogen) atoms. The zero-order chi connectivity index (χ0) is 13.0. The van der Waals surface area contributed by atoms with E-state index in [0.29, 0.717) is 11.3 Å². The number of hydrogen-bond acceptors (Lipinski definition) is 3. The van der Waals surface area contributed by atoms with Gasteiger partial charge in [0.2, 0.25) is 5.56 Å². The van der Waals surface area contributed by atoms with Crippen molar-refractivity contribution in [1.29, 1.82) is 0 Å². The summed E-state index contributed by atoms with van der Waals surface area (Å²) in [5.41, 5.74) is 0.855. The summed E-state index contributed by atoms with van der Waals surface area (Å²) in [5, 5.41) is 0. The first kappa shape index (κ1) is 12.8. The summed E-state index contributed by atoms with van der Waals surface area (Å²) in [5.74, 6) is -0.406. The predicted octanol–water partition coefficient (Wildman–Crippen LogP) is 2.34. The van der Waals surface area contributed by atoms with E-state index in [0.717, 1.165) is 3.57 Å². The second kappa shape index (κ2) is 5.81. The highest BCUT2D eigenvalue weighted by atomic mass is 123. The van der Waals surface area contributed by atoms with Gasteiger partial charge in [-0.1, -0.05) is 6.07 Å². The van der Waals surface area contributed by atoms with Gasteiger partial charge in [-0.3, -0.25) is 4.79 Å². The Bertz CT molecular complexity index is 604. The summed E-state index contributed by atoms with van der Waals surface area (Å²) < 4.78 is 6.15. The van der Waals surface area contributed by atoms with E-state index in [9.17, 15) is 9.59 Å². The summed E-state index contributed by atoms with van der Waals surface area (Å²) >= 11 is 2.16. The van der Waals surface area contributed by atoms with Gasteiger partial charge in [0.15, 0.2) is 0 Å². The fourth-order valence-electron chi connectivity index (χ4n) is 1.39. The van der Waals surface area contributed by atoms with Crippen molar-refractivity contribution in [3.8, 4) is 0 Å². The number of esters is 1. The van der Waals surface area contributed by atoms with Crippen molar-refractivity contribution in [2.75, 3.05) is 0 Å². The summed E-state index contributed by atoms with van der Waals surface area (Å²) in [4.78, 5) is 25.3. The highest BCUT2D eigenvalue weighted by Gasteiger charge is 2.06. The smallest absolute Gasteiger partial charge is 0.338 e. The minimum Gasteiger partial charge on any atom is -0.456 e. The Kier molecular flexibility index (Phi) is 4.14. The number of carbonyl (C=O) groups is 1. The van der Waals surface area contributed by atoms with Gasteiger partial charge in [0, 0.05) is 9.64 Å². The second-order valence-corrected chi connectivity index (χ2v) is 4.87. The number of ether oxygens (including phenoxy) is 1. The molecule has 4 nitrogen and oxygen atoms in total. The second-order valence-electron chi connectivity index (χ2n) is 3.62. The molecule has 0 aliphatic rings. The van der Waals surface area contributed by atoms with Crippen molar-refractivity contribution in [3.63, 3.8) is 0 Å². The van der Waals surface area contributed by atoms with Gasteiger partial charge >= 0.3 is 5.97 Å². The highest BCUT2D eigenvalue weighted by molar-refractivity contribution is 14.1. The fourth-order valence-corrected chi connectivity index (χ4v) is 1.75. The van der Waals surface area contributed by atoms with Crippen LogP contribution in [-0.4, -0.2) is 11.0 Å². The first-order chi connectivity index (χ1) is 8.65. The molecule has 0 fully saturated rings. The zero-order valence-electron chi connectivity index (χ0n) is 9.35. The highest BCUT2D eigenvalue weighted by Crippen LogP contribution is 2.08. The fraction of sp³-hybridized carbons (Fsp3) is 0.0769. The normalized spacial score (nSPS) is 10.1. The van der Waals surface area contributed by atoms with Crippen LogP contribution >= 0.6 is 22.6 Å². The quantitative estimate of drug-likeness (QED) is 0.682. The van der Waals surface area contributed by atoms with Gasteiger partial charge in [-0.25, -0.2) is 4.79 Å². The Hall–Kier alpha value is -1.63. The minimum absolute atomic E-state index is 0.0564. The SMILES string of the molecule is O=C(OCc1cccc(=O)[nH]1)c1ccc([123I])cc1. The van der Waals surface area contributed by atoms with Crippen LogP contribution in [0.1, 0.15) is 16.1 Å². The van der Waals surface area contributed by atoms with E-state index in [1.807, 2.05) is 12.1 Å². The minimum atomic E-state index is -0.406. The van der Waals surface area contributed by atoms with Crippen LogP contribution in [0, 0.1) is 3.57 Å². The Morgan fingerprint density at radius 1 is 1.17 bits per heavy atom. The molecule has 0 spiro atoms. The third-order valence-electron chi connectivity index (χ3n) is 2.27. The van der Waals surface area contributed by atoms with Crippen LogP contribution in [0.5, 0.6) is 0 Å². The summed E-state index contributed by atoms with van der Waals surface area (Å²) in [7, 11) is 0. The van der Waals surface area contributed by atoms with Crippen LogP contribution in [0.25, 0.3) is 0 Å². The van der Waals surface area contributed by atoms with Crippen molar-refractivity contribution in [2.45, 2.75) is 6.61 Å². The maximum atomic E-state index is 11.7. The van der Waals surface area contributed by atoms with Crippen molar-refractivity contribution < 1.29 is 9.53 Å². The van der Waals surface area contributed by atoms with Crippen LogP contribution in [0.2, 0.25) is 0 Å². The van der Waals surface area contributed by atoms with Gasteiger partial charge in [-0.15, -0.1) is 0 Å². The monoisotopic (exact) mass is 351 g/mol. The van der Waals surface area contributed by atoms with E-state index >= 15 is 0 Å². The Balaban J connectivity index is 2.00. The van der Waals surface area contributed by atoms with Gasteiger partial charge < -0.3 is 9.72 Å². The van der Waals surface area contributed by atoms with Crippen LogP contribution in [0.15, 0.2) is 47.3 Å². The molecule has 1 aromatic carbocycles. The molecule has 0 radical (unpaired) electrons. The van der Waals surface area contributed by atoms with Gasteiger partial charge in [0.05, 0.1) is 11.3 Å². The van der Waals surface area contributed by atoms with E-state index in [2.05, 4.69) is 27.6 Å². The molecule has 0 saturated heterocycles. The zero-order valence-corrected chi connectivity index (χ0v) is 11.5. The number of pyridine rings is 1. The van der Waals surface area contributed by atoms with Gasteiger partial charge in [-0.2, -0.15) is 0 Å². The number of benzene rings is 1. The van der Waals surface area contributed by atoms with Crippen LogP contribution in [0.4, 0.5) is 0 Å². The summed E-state index contributed by atoms with van der Waals surface area (Å²) in [6, 6.07) is 11.8. The molecule has 92 valence electrons. The number of H-pyrrole nitrogens is 1. The molecule has 2 rings (SSSR count). The maximum absolute atomic E-state index is 11.7. The molecule has 0 aliphatic carbocycles. The average molecular weight is 351 g/mol. The number of rotatable bonds is 3. The van der Waals surface area contributed by atoms with Crippen molar-refractivity contribution >= 4 is 28.6 Å². The molecule has 2 aromatic rings. The third kappa shape index (κ3) is 3.43. The van der Waals surface area contributed by atoms with E-state index in [-0.39, 0.29) is 12.2 Å². The predicted molar refractivity (Wildman–Crippen MR) is 75.3 cm³/mol. The Morgan fingerprint density at radius 3 is 2.56 bits per heavy atom. The van der Waals surface area contributed by atoms with E-state index < -0.39 is 5.97 Å². The lowest BCUT2D eigenvalue weighted by Crippen LogP contribution is -2.10. The van der Waals surface area contributed by atoms with E-state index in [1.165, 1.54) is 6.07 Å². The molecular weight excluding hydrogens is 341 g/mol. The molecule has 0 bridgehead atoms. The number of aromatic amines is 1. The number of halogens is 1. The maximum Gasteiger partial charge on any atom is 0.338 e. The first-order valence-electron chi connectivity index (χ1n) is 5.26. The number of aromatic nitrogens is 1. The first-order valence-corrected chi connectivity index (χ1v) is 6.34. The van der Waals surface area contributed by atoms with Gasteiger partial charge in [0.1, 0.15) is 6.61 Å². The van der Waals surface area contributed by atoms with Crippen LogP contribution in [-0.2, 0) is 11.3 Å². The largest absolute Gasteiger partial charge is 0.456 e. The van der Waals surface area contributed by atoms with Crippen molar-refractivity contribution in [2.24, 2.45) is 0 Å². The molecule has 0 aliphatic heterocycles. The Labute approximate surface area is 117 Å². The summed E-state index contributed by atoms with van der Waals surface area (Å²) in [6.45, 7) is 0.0564. The molecule has 5 heteroatoms. The van der Waals surface area contributed by atoms with Crippen molar-refractivity contribution in [3.05, 3.63) is 67.6 Å². The lowest BCUT2D eigenvalue weighted by Gasteiger charge is -2.04. The van der Waals surface area contributed by atoms with Crippen LogP contribution in [0.3, 0.4) is 0 Å². The lowest BCUT2D eigenvalue weighted by molar-refractivity contribution is 0.0467. The lowest BCUT2D eigenvalue weighted by atomic mass is 10.2. The average Bonchev–Trinajstić information content (AvgIpc) is 2.37. The molecule has 1 aromatic heterocycles. The van der Waals surface area contributed by atoms with Crippen LogP contribution < -0.4 is 5.56 Å². The molecule has 1 heterocycles. The molecule has 1 N–H and O–H groups in total. The van der Waals surface area contributed by atoms with E-state index in [1.54, 1.807) is 24.3 Å². The molecule has 0 atom stereocenters. The summed E-state index contributed by atoms with van der Waals surface area (Å²) in [6.07, 6.45) is 0. The number of nitrogens with one attached hydrogen (secondary N) is 1. The Morgan fingerprint density at radius 2 is 1.89 bits per heavy atom. The molecular formula is C13H10INO3. The molecule has 0 amide bonds. The number of hydrogen-bond donors (Lipinski definition) is 1. The van der Waals surface area contributed by atoms with Crippen molar-refractivity contribution in [1.82, 2.24) is 4.98 Å². The van der Waals surface area contributed by atoms with Gasteiger partial charge in [0.25, 0.3) is 0 Å².